The molecule has 0 radical (unpaired) electrons. The van der Waals surface area contributed by atoms with Gasteiger partial charge < -0.3 is 5.73 Å². The van der Waals surface area contributed by atoms with Gasteiger partial charge in [0.1, 0.15) is 0 Å². The van der Waals surface area contributed by atoms with Crippen LogP contribution in [0.25, 0.3) is 0 Å². The largest absolute Gasteiger partial charge is 0.312 e. The smallest absolute Gasteiger partial charge is 0.0878 e. The van der Waals surface area contributed by atoms with Gasteiger partial charge in [0.25, 0.3) is 0 Å². The number of aryl methyl sites for hydroxylation is 1. The summed E-state index contributed by atoms with van der Waals surface area (Å²) in [5.41, 5.74) is 6.55. The highest BCUT2D eigenvalue weighted by molar-refractivity contribution is 5.02. The van der Waals surface area contributed by atoms with Crippen LogP contribution >= 0.6 is 0 Å². The first-order chi connectivity index (χ1) is 4.36. The lowest BCUT2D eigenvalue weighted by Crippen LogP contribution is -2.06. The molecule has 2 N–H and O–H groups in total. The summed E-state index contributed by atoms with van der Waals surface area (Å²) < 4.78 is 1.72. The van der Waals surface area contributed by atoms with E-state index in [0.29, 0.717) is 6.67 Å². The lowest BCUT2D eigenvalue weighted by Gasteiger charge is -1.89. The first-order valence-corrected chi connectivity index (χ1v) is 3.08. The van der Waals surface area contributed by atoms with Crippen LogP contribution in [-0.4, -0.2) is 9.78 Å². The van der Waals surface area contributed by atoms with Gasteiger partial charge in [-0.25, -0.2) is 0 Å². The minimum Gasteiger partial charge on any atom is -0.312 e. The average molecular weight is 125 g/mol. The summed E-state index contributed by atoms with van der Waals surface area (Å²) in [6.45, 7) is 2.57. The van der Waals surface area contributed by atoms with E-state index >= 15 is 0 Å². The lowest BCUT2D eigenvalue weighted by molar-refractivity contribution is 0.637. The third-order valence-corrected chi connectivity index (χ3v) is 1.28. The van der Waals surface area contributed by atoms with Gasteiger partial charge in [0.05, 0.1) is 12.9 Å². The number of hydrogen-bond acceptors (Lipinski definition) is 2. The molecule has 1 aromatic rings. The van der Waals surface area contributed by atoms with E-state index in [1.54, 1.807) is 4.68 Å². The van der Waals surface area contributed by atoms with Gasteiger partial charge in [-0.15, -0.1) is 0 Å². The molecule has 1 rings (SSSR count). The highest BCUT2D eigenvalue weighted by Gasteiger charge is 1.90. The van der Waals surface area contributed by atoms with Crippen molar-refractivity contribution in [3.05, 3.63) is 18.0 Å². The van der Waals surface area contributed by atoms with Gasteiger partial charge in [-0.05, 0) is 12.0 Å². The molecular formula is C6H11N3. The van der Waals surface area contributed by atoms with Crippen LogP contribution in [0.1, 0.15) is 12.5 Å². The van der Waals surface area contributed by atoms with Crippen molar-refractivity contribution in [1.82, 2.24) is 9.78 Å². The molecule has 0 saturated heterocycles. The van der Waals surface area contributed by atoms with Crippen molar-refractivity contribution in [2.24, 2.45) is 5.73 Å². The van der Waals surface area contributed by atoms with E-state index in [0.717, 1.165) is 6.42 Å². The highest BCUT2D eigenvalue weighted by atomic mass is 15.3. The molecule has 0 bridgehead atoms. The fourth-order valence-corrected chi connectivity index (χ4v) is 0.689. The fourth-order valence-electron chi connectivity index (χ4n) is 0.689. The Labute approximate surface area is 54.5 Å². The Morgan fingerprint density at radius 2 is 2.56 bits per heavy atom. The Bertz CT molecular complexity index is 162. The Morgan fingerprint density at radius 1 is 1.78 bits per heavy atom. The summed E-state index contributed by atoms with van der Waals surface area (Å²) >= 11 is 0. The van der Waals surface area contributed by atoms with Gasteiger partial charge in [-0.1, -0.05) is 6.92 Å². The van der Waals surface area contributed by atoms with Crippen molar-refractivity contribution in [3.63, 3.8) is 0 Å². The molecule has 9 heavy (non-hydrogen) atoms. The van der Waals surface area contributed by atoms with Crippen LogP contribution in [0.5, 0.6) is 0 Å². The molecule has 50 valence electrons. The van der Waals surface area contributed by atoms with Crippen molar-refractivity contribution in [2.75, 3.05) is 0 Å². The van der Waals surface area contributed by atoms with E-state index in [1.807, 2.05) is 12.4 Å². The molecule has 1 aromatic heterocycles. The molecule has 3 nitrogen and oxygen atoms in total. The van der Waals surface area contributed by atoms with Crippen molar-refractivity contribution in [3.8, 4) is 0 Å². The molecule has 0 aromatic carbocycles. The molecule has 0 spiro atoms. The molecule has 0 atom stereocenters. The summed E-state index contributed by atoms with van der Waals surface area (Å²) in [5, 5.41) is 4.00. The topological polar surface area (TPSA) is 43.8 Å². The maximum atomic E-state index is 5.32. The van der Waals surface area contributed by atoms with Gasteiger partial charge in [-0.3, -0.25) is 4.68 Å². The van der Waals surface area contributed by atoms with Crippen LogP contribution in [-0.2, 0) is 13.1 Å². The predicted octanol–water partition coefficient (Wildman–Crippen LogP) is 0.362. The second-order valence-electron chi connectivity index (χ2n) is 1.92. The Balaban J connectivity index is 2.74. The zero-order chi connectivity index (χ0) is 6.69. The van der Waals surface area contributed by atoms with Gasteiger partial charge in [0, 0.05) is 6.20 Å². The first-order valence-electron chi connectivity index (χ1n) is 3.08. The third-order valence-electron chi connectivity index (χ3n) is 1.28. The van der Waals surface area contributed by atoms with Gasteiger partial charge in [-0.2, -0.15) is 5.10 Å². The van der Waals surface area contributed by atoms with E-state index in [2.05, 4.69) is 12.0 Å². The third kappa shape index (κ3) is 1.29. The molecule has 0 aliphatic heterocycles. The van der Waals surface area contributed by atoms with Crippen molar-refractivity contribution >= 4 is 0 Å². The second kappa shape index (κ2) is 2.64. The molecule has 0 fully saturated rings. The molecule has 0 aliphatic carbocycles. The quantitative estimate of drug-likeness (QED) is 0.620. The highest BCUT2D eigenvalue weighted by Crippen LogP contribution is 1.95. The normalized spacial score (nSPS) is 10.0. The maximum Gasteiger partial charge on any atom is 0.0878 e. The van der Waals surface area contributed by atoms with Gasteiger partial charge in [0.15, 0.2) is 0 Å². The van der Waals surface area contributed by atoms with E-state index in [4.69, 9.17) is 5.73 Å². The number of nitrogens with two attached hydrogens (primary N) is 1. The standard InChI is InChI=1S/C6H11N3/c1-2-6-3-8-9(4-6)5-7/h3-4H,2,5,7H2,1H3. The molecule has 1 heterocycles. The van der Waals surface area contributed by atoms with E-state index < -0.39 is 0 Å². The second-order valence-corrected chi connectivity index (χ2v) is 1.92. The minimum absolute atomic E-state index is 0.472. The molecule has 0 aliphatic rings. The van der Waals surface area contributed by atoms with Gasteiger partial charge >= 0.3 is 0 Å². The number of aromatic nitrogens is 2. The molecule has 3 heteroatoms. The Kier molecular flexibility index (Phi) is 1.85. The fraction of sp³-hybridized carbons (Fsp3) is 0.500. The molecule has 0 saturated carbocycles. The zero-order valence-electron chi connectivity index (χ0n) is 5.54. The SMILES string of the molecule is CCc1cnn(CN)c1. The van der Waals surface area contributed by atoms with Gasteiger partial charge in [0.2, 0.25) is 0 Å². The summed E-state index contributed by atoms with van der Waals surface area (Å²) in [6.07, 6.45) is 4.83. The summed E-state index contributed by atoms with van der Waals surface area (Å²) in [5.74, 6) is 0. The average Bonchev–Trinajstić information content (AvgIpc) is 2.34. The van der Waals surface area contributed by atoms with Crippen LogP contribution in [0.15, 0.2) is 12.4 Å². The lowest BCUT2D eigenvalue weighted by atomic mass is 10.3. The predicted molar refractivity (Wildman–Crippen MR) is 35.8 cm³/mol. The monoisotopic (exact) mass is 125 g/mol. The van der Waals surface area contributed by atoms with Crippen LogP contribution in [0.4, 0.5) is 0 Å². The Hall–Kier alpha value is -0.830. The molecular weight excluding hydrogens is 114 g/mol. The van der Waals surface area contributed by atoms with Crippen LogP contribution in [0, 0.1) is 0 Å². The summed E-state index contributed by atoms with van der Waals surface area (Å²) in [6, 6.07) is 0. The number of hydrogen-bond donors (Lipinski definition) is 1. The van der Waals surface area contributed by atoms with Crippen molar-refractivity contribution in [1.29, 1.82) is 0 Å². The van der Waals surface area contributed by atoms with E-state index in [1.165, 1.54) is 5.56 Å². The van der Waals surface area contributed by atoms with Crippen LogP contribution < -0.4 is 5.73 Å². The van der Waals surface area contributed by atoms with E-state index in [9.17, 15) is 0 Å². The van der Waals surface area contributed by atoms with Crippen LogP contribution in [0.3, 0.4) is 0 Å². The maximum absolute atomic E-state index is 5.32. The number of nitrogens with zero attached hydrogens (tertiary/aromatic N) is 2. The summed E-state index contributed by atoms with van der Waals surface area (Å²) in [4.78, 5) is 0. The van der Waals surface area contributed by atoms with Crippen molar-refractivity contribution < 1.29 is 0 Å². The summed E-state index contributed by atoms with van der Waals surface area (Å²) in [7, 11) is 0. The van der Waals surface area contributed by atoms with Crippen molar-refractivity contribution in [2.45, 2.75) is 20.0 Å². The first kappa shape index (κ1) is 6.29. The number of rotatable bonds is 2. The molecule has 0 amide bonds. The van der Waals surface area contributed by atoms with E-state index in [-0.39, 0.29) is 0 Å². The molecule has 0 unspecified atom stereocenters. The minimum atomic E-state index is 0.472. The van der Waals surface area contributed by atoms with Crippen LogP contribution in [0.2, 0.25) is 0 Å². The zero-order valence-corrected chi connectivity index (χ0v) is 5.54. The Morgan fingerprint density at radius 3 is 2.89 bits per heavy atom.